The molecule has 2 aromatic carbocycles. The molecule has 0 radical (unpaired) electrons. The molecule has 0 spiro atoms. The Kier molecular flexibility index (Phi) is 8.34. The van der Waals surface area contributed by atoms with Crippen LogP contribution in [-0.4, -0.2) is 66.8 Å². The van der Waals surface area contributed by atoms with Crippen molar-refractivity contribution in [3.63, 3.8) is 0 Å². The third-order valence-electron chi connectivity index (χ3n) is 5.71. The molecule has 35 heavy (non-hydrogen) atoms. The molecule has 0 aromatic heterocycles. The molecule has 0 bridgehead atoms. The Labute approximate surface area is 221 Å². The van der Waals surface area contributed by atoms with E-state index in [1.807, 2.05) is 37.3 Å². The molecule has 0 unspecified atom stereocenters. The highest BCUT2D eigenvalue weighted by Crippen LogP contribution is 2.37. The van der Waals surface area contributed by atoms with Crippen molar-refractivity contribution in [1.82, 2.24) is 9.80 Å². The molecule has 2 saturated heterocycles. The topological polar surface area (TPSA) is 85.4 Å². The molecule has 184 valence electrons. The minimum Gasteiger partial charge on any atom is -0.493 e. The van der Waals surface area contributed by atoms with Crippen LogP contribution in [0.1, 0.15) is 16.7 Å². The summed E-state index contributed by atoms with van der Waals surface area (Å²) in [5, 5.41) is -0.456. The average molecular weight is 608 g/mol. The lowest BCUT2D eigenvalue weighted by molar-refractivity contribution is -0.139. The van der Waals surface area contributed by atoms with Crippen LogP contribution >= 0.6 is 34.4 Å². The van der Waals surface area contributed by atoms with Gasteiger partial charge < -0.3 is 19.1 Å². The summed E-state index contributed by atoms with van der Waals surface area (Å²) in [7, 11) is 1.56. The minimum absolute atomic E-state index is 0.260. The standard InChI is InChI=1S/C25H25IN2O6S/c1-16-5-3-4-6-18(16)15-34-23-19(26)11-17(12-20(23)32-2)13-21-24(30)28(25(31)35-21)14-22(29)27-7-9-33-10-8-27/h3-6,11-13H,7-10,14-15H2,1-2H3/b21-13-. The number of thioether (sulfide) groups is 1. The maximum absolute atomic E-state index is 12.9. The summed E-state index contributed by atoms with van der Waals surface area (Å²) in [4.78, 5) is 40.8. The molecular formula is C25H25IN2O6S. The fraction of sp³-hybridized carbons (Fsp3) is 0.320. The van der Waals surface area contributed by atoms with E-state index in [1.54, 1.807) is 24.2 Å². The Balaban J connectivity index is 1.49. The van der Waals surface area contributed by atoms with Crippen molar-refractivity contribution in [1.29, 1.82) is 0 Å². The number of ether oxygens (including phenoxy) is 3. The molecule has 0 N–H and O–H groups in total. The van der Waals surface area contributed by atoms with Gasteiger partial charge in [-0.15, -0.1) is 0 Å². The summed E-state index contributed by atoms with van der Waals surface area (Å²) in [6.07, 6.45) is 1.64. The Morgan fingerprint density at radius 1 is 1.20 bits per heavy atom. The van der Waals surface area contributed by atoms with Crippen molar-refractivity contribution in [2.75, 3.05) is 40.0 Å². The number of nitrogens with zero attached hydrogens (tertiary/aromatic N) is 2. The average Bonchev–Trinajstić information content (AvgIpc) is 3.11. The molecule has 4 rings (SSSR count). The van der Waals surface area contributed by atoms with Gasteiger partial charge in [-0.1, -0.05) is 24.3 Å². The van der Waals surface area contributed by atoms with E-state index in [9.17, 15) is 14.4 Å². The first-order valence-electron chi connectivity index (χ1n) is 11.0. The summed E-state index contributed by atoms with van der Waals surface area (Å²) in [5.41, 5.74) is 2.91. The number of morpholine rings is 1. The quantitative estimate of drug-likeness (QED) is 0.346. The number of aryl methyl sites for hydroxylation is 1. The van der Waals surface area contributed by atoms with Gasteiger partial charge in [0.1, 0.15) is 13.2 Å². The molecule has 2 aliphatic rings. The van der Waals surface area contributed by atoms with Gasteiger partial charge in [-0.3, -0.25) is 19.3 Å². The van der Waals surface area contributed by atoms with Gasteiger partial charge in [-0.05, 0) is 76.2 Å². The van der Waals surface area contributed by atoms with Gasteiger partial charge >= 0.3 is 0 Å². The second-order valence-corrected chi connectivity index (χ2v) is 10.2. The van der Waals surface area contributed by atoms with Gasteiger partial charge in [-0.25, -0.2) is 0 Å². The molecule has 2 heterocycles. The third kappa shape index (κ3) is 5.99. The number of benzene rings is 2. The van der Waals surface area contributed by atoms with Crippen molar-refractivity contribution in [3.05, 3.63) is 61.6 Å². The highest BCUT2D eigenvalue weighted by molar-refractivity contribution is 14.1. The fourth-order valence-electron chi connectivity index (χ4n) is 3.72. The number of hydrogen-bond donors (Lipinski definition) is 0. The van der Waals surface area contributed by atoms with E-state index in [-0.39, 0.29) is 17.4 Å². The predicted octanol–water partition coefficient (Wildman–Crippen LogP) is 4.08. The first-order valence-corrected chi connectivity index (χ1v) is 12.9. The molecule has 3 amide bonds. The van der Waals surface area contributed by atoms with Gasteiger partial charge in [0.2, 0.25) is 5.91 Å². The number of amides is 3. The van der Waals surface area contributed by atoms with Crippen LogP contribution < -0.4 is 9.47 Å². The van der Waals surface area contributed by atoms with Crippen LogP contribution in [0.3, 0.4) is 0 Å². The molecule has 0 aliphatic carbocycles. The van der Waals surface area contributed by atoms with Crippen LogP contribution in [0.4, 0.5) is 4.79 Å². The maximum Gasteiger partial charge on any atom is 0.294 e. The van der Waals surface area contributed by atoms with Crippen LogP contribution in [0.2, 0.25) is 0 Å². The fourth-order valence-corrected chi connectivity index (χ4v) is 5.34. The van der Waals surface area contributed by atoms with E-state index in [4.69, 9.17) is 14.2 Å². The first-order chi connectivity index (χ1) is 16.9. The molecule has 8 nitrogen and oxygen atoms in total. The van der Waals surface area contributed by atoms with Crippen molar-refractivity contribution in [3.8, 4) is 11.5 Å². The van der Waals surface area contributed by atoms with Crippen molar-refractivity contribution >= 4 is 57.5 Å². The maximum atomic E-state index is 12.9. The number of rotatable bonds is 7. The normalized spacial score (nSPS) is 17.3. The van der Waals surface area contributed by atoms with Crippen LogP contribution in [0, 0.1) is 10.5 Å². The molecule has 2 aliphatic heterocycles. The third-order valence-corrected chi connectivity index (χ3v) is 7.42. The first kappa shape index (κ1) is 25.5. The van der Waals surface area contributed by atoms with Crippen LogP contribution in [0.5, 0.6) is 11.5 Å². The number of hydrogen-bond acceptors (Lipinski definition) is 7. The molecule has 10 heteroatoms. The van der Waals surface area contributed by atoms with Crippen molar-refractivity contribution in [2.45, 2.75) is 13.5 Å². The Morgan fingerprint density at radius 2 is 1.94 bits per heavy atom. The lowest BCUT2D eigenvalue weighted by atomic mass is 10.1. The highest BCUT2D eigenvalue weighted by atomic mass is 127. The highest BCUT2D eigenvalue weighted by Gasteiger charge is 2.37. The second-order valence-electron chi connectivity index (χ2n) is 8.01. The molecule has 0 saturated carbocycles. The lowest BCUT2D eigenvalue weighted by Crippen LogP contribution is -2.46. The van der Waals surface area contributed by atoms with E-state index in [0.717, 1.165) is 31.4 Å². The number of imide groups is 1. The van der Waals surface area contributed by atoms with Crippen molar-refractivity contribution < 1.29 is 28.6 Å². The summed E-state index contributed by atoms with van der Waals surface area (Å²) >= 11 is 2.99. The Hall–Kier alpha value is -2.57. The van der Waals surface area contributed by atoms with Gasteiger partial charge in [0.15, 0.2) is 11.5 Å². The molecule has 2 fully saturated rings. The van der Waals surface area contributed by atoms with Crippen LogP contribution in [0.25, 0.3) is 6.08 Å². The number of carbonyl (C=O) groups excluding carboxylic acids is 3. The predicted molar refractivity (Wildman–Crippen MR) is 141 cm³/mol. The zero-order valence-corrected chi connectivity index (χ0v) is 22.4. The number of halogens is 1. The zero-order valence-electron chi connectivity index (χ0n) is 19.4. The van der Waals surface area contributed by atoms with Crippen molar-refractivity contribution in [2.24, 2.45) is 0 Å². The smallest absolute Gasteiger partial charge is 0.294 e. The molecular weight excluding hydrogens is 583 g/mol. The SMILES string of the molecule is COc1cc(/C=C2\SC(=O)N(CC(=O)N3CCOCC3)C2=O)cc(I)c1OCc1ccccc1C. The Bertz CT molecular complexity index is 1180. The van der Waals surface area contributed by atoms with Crippen LogP contribution in [0.15, 0.2) is 41.3 Å². The van der Waals surface area contributed by atoms with E-state index in [0.29, 0.717) is 50.0 Å². The van der Waals surface area contributed by atoms with E-state index >= 15 is 0 Å². The number of methoxy groups -OCH3 is 1. The summed E-state index contributed by atoms with van der Waals surface area (Å²) in [5.74, 6) is 0.398. The number of carbonyl (C=O) groups is 3. The van der Waals surface area contributed by atoms with E-state index in [2.05, 4.69) is 22.6 Å². The van der Waals surface area contributed by atoms with Gasteiger partial charge in [0.25, 0.3) is 11.1 Å². The van der Waals surface area contributed by atoms with Crippen LogP contribution in [-0.2, 0) is 20.9 Å². The molecule has 2 aromatic rings. The van der Waals surface area contributed by atoms with E-state index in [1.165, 1.54) is 0 Å². The molecule has 0 atom stereocenters. The van der Waals surface area contributed by atoms with Gasteiger partial charge in [0.05, 0.1) is 28.8 Å². The lowest BCUT2D eigenvalue weighted by Gasteiger charge is -2.28. The largest absolute Gasteiger partial charge is 0.493 e. The van der Waals surface area contributed by atoms with Gasteiger partial charge in [0, 0.05) is 13.1 Å². The zero-order chi connectivity index (χ0) is 24.9. The summed E-state index contributed by atoms with van der Waals surface area (Å²) in [6.45, 7) is 3.99. The monoisotopic (exact) mass is 608 g/mol. The summed E-state index contributed by atoms with van der Waals surface area (Å²) < 4.78 is 17.7. The second kappa shape index (κ2) is 11.4. The van der Waals surface area contributed by atoms with Gasteiger partial charge in [-0.2, -0.15) is 0 Å². The summed E-state index contributed by atoms with van der Waals surface area (Å²) in [6, 6.07) is 11.6. The Morgan fingerprint density at radius 3 is 2.66 bits per heavy atom. The minimum atomic E-state index is -0.476. The van der Waals surface area contributed by atoms with E-state index < -0.39 is 11.1 Å².